The van der Waals surface area contributed by atoms with Crippen LogP contribution in [-0.2, 0) is 7.05 Å². The molecule has 16 heavy (non-hydrogen) atoms. The highest BCUT2D eigenvalue weighted by molar-refractivity contribution is 5.84. The number of carboxylic acid groups (broad SMARTS) is 1. The van der Waals surface area contributed by atoms with E-state index in [0.717, 1.165) is 9.25 Å². The van der Waals surface area contributed by atoms with E-state index in [4.69, 9.17) is 5.11 Å². The highest BCUT2D eigenvalue weighted by atomic mass is 16.4. The van der Waals surface area contributed by atoms with Gasteiger partial charge in [0.25, 0.3) is 0 Å². The Labute approximate surface area is 90.4 Å². The Morgan fingerprint density at radius 3 is 2.50 bits per heavy atom. The van der Waals surface area contributed by atoms with Gasteiger partial charge in [-0.15, -0.1) is 5.10 Å². The summed E-state index contributed by atoms with van der Waals surface area (Å²) in [7, 11) is 1.41. The van der Waals surface area contributed by atoms with Crippen molar-refractivity contribution in [1.29, 1.82) is 0 Å². The molecule has 6 heteroatoms. The normalized spacial score (nSPS) is 10.3. The molecule has 0 unspecified atom stereocenters. The zero-order chi connectivity index (χ0) is 11.7. The van der Waals surface area contributed by atoms with Crippen LogP contribution in [0.15, 0.2) is 35.1 Å². The van der Waals surface area contributed by atoms with Crippen LogP contribution in [0.5, 0.6) is 0 Å². The van der Waals surface area contributed by atoms with Crippen LogP contribution in [-0.4, -0.2) is 25.4 Å². The van der Waals surface area contributed by atoms with Crippen LogP contribution in [0, 0.1) is 0 Å². The number of hydrogen-bond acceptors (Lipinski definition) is 3. The van der Waals surface area contributed by atoms with E-state index in [9.17, 15) is 9.59 Å². The second-order valence-corrected chi connectivity index (χ2v) is 3.21. The molecule has 2 rings (SSSR count). The van der Waals surface area contributed by atoms with Gasteiger partial charge < -0.3 is 5.11 Å². The topological polar surface area (TPSA) is 77.1 Å². The number of aromatic carboxylic acids is 1. The average molecular weight is 219 g/mol. The fourth-order valence-electron chi connectivity index (χ4n) is 1.41. The summed E-state index contributed by atoms with van der Waals surface area (Å²) in [5, 5.41) is 12.6. The molecule has 0 radical (unpaired) electrons. The standard InChI is InChI=1S/C10H9N3O3/c1-12-10(16)13(8(11-12)9(14)15)7-5-3-2-4-6-7/h2-6H,1H3,(H,14,15). The Hall–Kier alpha value is -2.37. The lowest BCUT2D eigenvalue weighted by Crippen LogP contribution is -2.22. The van der Waals surface area contributed by atoms with Gasteiger partial charge in [-0.05, 0) is 12.1 Å². The van der Waals surface area contributed by atoms with E-state index in [1.807, 2.05) is 0 Å². The van der Waals surface area contributed by atoms with Gasteiger partial charge in [-0.1, -0.05) is 18.2 Å². The Kier molecular flexibility index (Phi) is 2.32. The number of carboxylic acids is 1. The van der Waals surface area contributed by atoms with Crippen LogP contribution >= 0.6 is 0 Å². The van der Waals surface area contributed by atoms with E-state index < -0.39 is 11.7 Å². The number of nitrogens with zero attached hydrogens (tertiary/aromatic N) is 3. The lowest BCUT2D eigenvalue weighted by Gasteiger charge is -2.01. The molecule has 0 amide bonds. The summed E-state index contributed by atoms with van der Waals surface area (Å²) in [6, 6.07) is 8.52. The van der Waals surface area contributed by atoms with E-state index in [0.29, 0.717) is 5.69 Å². The first-order valence-electron chi connectivity index (χ1n) is 4.56. The van der Waals surface area contributed by atoms with Crippen LogP contribution in [0.1, 0.15) is 10.6 Å². The van der Waals surface area contributed by atoms with E-state index >= 15 is 0 Å². The summed E-state index contributed by atoms with van der Waals surface area (Å²) in [5.41, 5.74) is 0.00148. The van der Waals surface area contributed by atoms with Gasteiger partial charge >= 0.3 is 11.7 Å². The summed E-state index contributed by atoms with van der Waals surface area (Å²) >= 11 is 0. The van der Waals surface area contributed by atoms with Crippen LogP contribution < -0.4 is 5.69 Å². The molecule has 6 nitrogen and oxygen atoms in total. The molecular formula is C10H9N3O3. The molecule has 0 aliphatic rings. The van der Waals surface area contributed by atoms with Crippen LogP contribution in [0.2, 0.25) is 0 Å². The molecule has 0 aliphatic heterocycles. The monoisotopic (exact) mass is 219 g/mol. The summed E-state index contributed by atoms with van der Waals surface area (Å²) < 4.78 is 2.05. The van der Waals surface area contributed by atoms with Gasteiger partial charge in [0.1, 0.15) is 0 Å². The third kappa shape index (κ3) is 1.50. The van der Waals surface area contributed by atoms with Crippen molar-refractivity contribution >= 4 is 5.97 Å². The highest BCUT2D eigenvalue weighted by Crippen LogP contribution is 2.06. The second kappa shape index (κ2) is 3.65. The number of aromatic nitrogens is 3. The molecule has 1 N–H and O–H groups in total. The molecule has 2 aromatic rings. The summed E-state index contributed by atoms with van der Waals surface area (Å²) in [6.45, 7) is 0. The molecule has 82 valence electrons. The zero-order valence-electron chi connectivity index (χ0n) is 8.49. The first-order valence-corrected chi connectivity index (χ1v) is 4.56. The fourth-order valence-corrected chi connectivity index (χ4v) is 1.41. The average Bonchev–Trinajstić information content (AvgIpc) is 2.57. The number of para-hydroxylation sites is 1. The molecule has 0 spiro atoms. The molecule has 0 fully saturated rings. The van der Waals surface area contributed by atoms with Gasteiger partial charge in [-0.25, -0.2) is 18.8 Å². The SMILES string of the molecule is Cn1nc(C(=O)O)n(-c2ccccc2)c1=O. The molecule has 0 atom stereocenters. The zero-order valence-corrected chi connectivity index (χ0v) is 8.49. The molecule has 0 bridgehead atoms. The van der Waals surface area contributed by atoms with Crippen molar-refractivity contribution in [2.45, 2.75) is 0 Å². The van der Waals surface area contributed by atoms with Crippen molar-refractivity contribution < 1.29 is 9.90 Å². The van der Waals surface area contributed by atoms with E-state index in [-0.39, 0.29) is 5.82 Å². The third-order valence-corrected chi connectivity index (χ3v) is 2.13. The van der Waals surface area contributed by atoms with Gasteiger partial charge in [0, 0.05) is 7.05 Å². The van der Waals surface area contributed by atoms with Gasteiger partial charge in [0.2, 0.25) is 5.82 Å². The van der Waals surface area contributed by atoms with Crippen molar-refractivity contribution in [2.24, 2.45) is 7.05 Å². The van der Waals surface area contributed by atoms with Crippen LogP contribution in [0.4, 0.5) is 0 Å². The maximum absolute atomic E-state index is 11.7. The maximum Gasteiger partial charge on any atom is 0.374 e. The van der Waals surface area contributed by atoms with Gasteiger partial charge in [-0.2, -0.15) is 0 Å². The number of benzene rings is 1. The minimum Gasteiger partial charge on any atom is -0.475 e. The predicted molar refractivity (Wildman–Crippen MR) is 55.8 cm³/mol. The summed E-state index contributed by atoms with van der Waals surface area (Å²) in [6.07, 6.45) is 0. The highest BCUT2D eigenvalue weighted by Gasteiger charge is 2.18. The first-order chi connectivity index (χ1) is 7.61. The van der Waals surface area contributed by atoms with E-state index in [1.165, 1.54) is 7.05 Å². The van der Waals surface area contributed by atoms with Crippen molar-refractivity contribution in [1.82, 2.24) is 14.3 Å². The van der Waals surface area contributed by atoms with Crippen LogP contribution in [0.25, 0.3) is 5.69 Å². The molecule has 0 saturated heterocycles. The van der Waals surface area contributed by atoms with Crippen molar-refractivity contribution in [2.75, 3.05) is 0 Å². The number of hydrogen-bond donors (Lipinski definition) is 1. The lowest BCUT2D eigenvalue weighted by molar-refractivity contribution is 0.0680. The number of carbonyl (C=O) groups is 1. The largest absolute Gasteiger partial charge is 0.475 e. The smallest absolute Gasteiger partial charge is 0.374 e. The number of aryl methyl sites for hydroxylation is 1. The summed E-state index contributed by atoms with van der Waals surface area (Å²) in [4.78, 5) is 22.6. The van der Waals surface area contributed by atoms with E-state index in [2.05, 4.69) is 5.10 Å². The van der Waals surface area contributed by atoms with Gasteiger partial charge in [-0.3, -0.25) is 0 Å². The predicted octanol–water partition coefficient (Wildman–Crippen LogP) is 0.269. The fraction of sp³-hybridized carbons (Fsp3) is 0.100. The Morgan fingerprint density at radius 1 is 1.31 bits per heavy atom. The van der Waals surface area contributed by atoms with Gasteiger partial charge in [0.15, 0.2) is 0 Å². The lowest BCUT2D eigenvalue weighted by atomic mass is 10.3. The Bertz CT molecular complexity index is 583. The molecule has 1 aromatic carbocycles. The van der Waals surface area contributed by atoms with Crippen LogP contribution in [0.3, 0.4) is 0 Å². The third-order valence-electron chi connectivity index (χ3n) is 2.13. The summed E-state index contributed by atoms with van der Waals surface area (Å²) in [5.74, 6) is -1.53. The van der Waals surface area contributed by atoms with Crippen molar-refractivity contribution in [3.8, 4) is 5.69 Å². The van der Waals surface area contributed by atoms with Crippen molar-refractivity contribution in [3.63, 3.8) is 0 Å². The van der Waals surface area contributed by atoms with E-state index in [1.54, 1.807) is 30.3 Å². The Morgan fingerprint density at radius 2 is 1.94 bits per heavy atom. The van der Waals surface area contributed by atoms with Gasteiger partial charge in [0.05, 0.1) is 5.69 Å². The molecular weight excluding hydrogens is 210 g/mol. The minimum atomic E-state index is -1.23. The quantitative estimate of drug-likeness (QED) is 0.786. The van der Waals surface area contributed by atoms with Crippen molar-refractivity contribution in [3.05, 3.63) is 46.6 Å². The molecule has 0 aliphatic carbocycles. The molecule has 0 saturated carbocycles. The minimum absolute atomic E-state index is 0.293. The number of rotatable bonds is 2. The first kappa shape index (κ1) is 10.2. The maximum atomic E-state index is 11.7. The molecule has 1 aromatic heterocycles. The molecule has 1 heterocycles. The second-order valence-electron chi connectivity index (χ2n) is 3.21. The Balaban J connectivity index is 2.74.